The van der Waals surface area contributed by atoms with Crippen molar-refractivity contribution < 1.29 is 8.83 Å². The van der Waals surface area contributed by atoms with Crippen LogP contribution in [-0.4, -0.2) is 29.1 Å². The van der Waals surface area contributed by atoms with E-state index in [1.165, 1.54) is 103 Å². The number of hydrogen-bond acceptors (Lipinski definition) is 6. The molecule has 6 heterocycles. The molecule has 0 amide bonds. The molecule has 0 fully saturated rings. The molecule has 23 rings (SSSR count). The number of para-hydroxylation sites is 4. The number of fused-ring (bicyclic) bond motifs is 9. The average molecular weight is 1170 g/mol. The SMILES string of the molecule is c1ccc(-c2nc3ccccc3nc2-n2c3cccc4c5cccc6c5c5c7c-6cccc7cc6oc7ccc2c(c7c65)c43)cc1.c1ccc(-c2nc3ccccc3nc2-n2c3cccc4c5ccccc5c5cc6ccccc6c6oc7ccc2c(c7c56)c43)cc1. The topological polar surface area (TPSA) is 87.7 Å². The molecule has 1 aliphatic rings. The van der Waals surface area contributed by atoms with Gasteiger partial charge in [0, 0.05) is 65.0 Å². The molecule has 0 saturated heterocycles. The first kappa shape index (κ1) is 48.5. The Morgan fingerprint density at radius 1 is 0.239 bits per heavy atom. The Hall–Kier alpha value is -12.5. The first-order valence-electron chi connectivity index (χ1n) is 31.3. The van der Waals surface area contributed by atoms with E-state index in [0.717, 1.165) is 117 Å². The Balaban J connectivity index is 0.000000121. The van der Waals surface area contributed by atoms with Crippen molar-refractivity contribution in [3.8, 4) is 45.3 Å². The Morgan fingerprint density at radius 3 is 1.29 bits per heavy atom. The van der Waals surface area contributed by atoms with E-state index in [9.17, 15) is 0 Å². The van der Waals surface area contributed by atoms with Gasteiger partial charge in [-0.3, -0.25) is 9.13 Å². The van der Waals surface area contributed by atoms with Crippen molar-refractivity contribution in [2.24, 2.45) is 0 Å². The van der Waals surface area contributed by atoms with E-state index < -0.39 is 0 Å². The lowest BCUT2D eigenvalue weighted by Gasteiger charge is -2.13. The third-order valence-electron chi connectivity index (χ3n) is 19.9. The fourth-order valence-electron chi connectivity index (χ4n) is 16.3. The molecule has 0 spiro atoms. The molecule has 0 bridgehead atoms. The second kappa shape index (κ2) is 17.6. The molecule has 0 aliphatic heterocycles. The van der Waals surface area contributed by atoms with Crippen LogP contribution in [0.4, 0.5) is 0 Å². The molecular weight excluding hydrogens is 1120 g/mol. The first-order valence-corrected chi connectivity index (χ1v) is 31.3. The highest BCUT2D eigenvalue weighted by Gasteiger charge is 2.31. The number of rotatable bonds is 4. The second-order valence-corrected chi connectivity index (χ2v) is 24.6. The van der Waals surface area contributed by atoms with Gasteiger partial charge in [-0.15, -0.1) is 0 Å². The fraction of sp³-hybridized carbons (Fsp3) is 0. The smallest absolute Gasteiger partial charge is 0.165 e. The van der Waals surface area contributed by atoms with Crippen LogP contribution in [0.3, 0.4) is 0 Å². The van der Waals surface area contributed by atoms with Gasteiger partial charge in [0.1, 0.15) is 33.7 Å². The quantitative estimate of drug-likeness (QED) is 0.174. The summed E-state index contributed by atoms with van der Waals surface area (Å²) in [5.74, 6) is 1.63. The second-order valence-electron chi connectivity index (χ2n) is 24.6. The summed E-state index contributed by atoms with van der Waals surface area (Å²) in [4.78, 5) is 21.2. The van der Waals surface area contributed by atoms with E-state index in [-0.39, 0.29) is 0 Å². The third kappa shape index (κ3) is 6.24. The van der Waals surface area contributed by atoms with Crippen LogP contribution in [0.25, 0.3) is 219 Å². The lowest BCUT2D eigenvalue weighted by Crippen LogP contribution is -2.03. The lowest BCUT2D eigenvalue weighted by atomic mass is 9.93. The van der Waals surface area contributed by atoms with Crippen molar-refractivity contribution in [3.63, 3.8) is 0 Å². The molecule has 16 aromatic carbocycles. The van der Waals surface area contributed by atoms with Crippen LogP contribution in [0, 0.1) is 0 Å². The van der Waals surface area contributed by atoms with Crippen LogP contribution in [0.1, 0.15) is 0 Å². The minimum absolute atomic E-state index is 0.812. The van der Waals surface area contributed by atoms with Gasteiger partial charge in [-0.2, -0.15) is 0 Å². The summed E-state index contributed by atoms with van der Waals surface area (Å²) < 4.78 is 18.2. The van der Waals surface area contributed by atoms with Crippen molar-refractivity contribution in [1.29, 1.82) is 0 Å². The highest BCUT2D eigenvalue weighted by atomic mass is 16.3. The molecular formula is C84H44N6O2. The standard InChI is InChI=1S/C42H21N3O.C42H23N3O/c1-2-9-22(10-3-1)41-42(44-29-17-5-4-16-28(29)43-41)45-30-18-8-15-27-26-14-7-13-25-24-12-6-11-23-21-33-39(40(34(23)24)35(25)26)38-32(46-33)20-19-31(45)37(38)36(27)30;1-2-11-24(12-3-1)40-42(44-32-19-9-8-18-31(32)43-40)45-33-20-10-17-29-27-15-6-7-16-28(27)30-23-25-13-4-5-14-26(25)41-37(30)39-35(46-41)22-21-34(45)38(39)36(29)33/h1-21H;1-23H. The van der Waals surface area contributed by atoms with Gasteiger partial charge in [0.25, 0.3) is 0 Å². The lowest BCUT2D eigenvalue weighted by molar-refractivity contribution is 0.670. The van der Waals surface area contributed by atoms with Gasteiger partial charge in [-0.25, -0.2) is 19.9 Å². The molecule has 0 saturated carbocycles. The molecule has 0 unspecified atom stereocenters. The predicted molar refractivity (Wildman–Crippen MR) is 380 cm³/mol. The zero-order chi connectivity index (χ0) is 59.6. The molecule has 22 aromatic rings. The average Bonchev–Trinajstić information content (AvgIpc) is 1.52. The molecule has 422 valence electrons. The van der Waals surface area contributed by atoms with E-state index in [2.05, 4.69) is 221 Å². The normalized spacial score (nSPS) is 12.6. The summed E-state index contributed by atoms with van der Waals surface area (Å²) in [5.41, 5.74) is 17.9. The molecule has 8 heteroatoms. The van der Waals surface area contributed by atoms with Crippen LogP contribution in [0.15, 0.2) is 276 Å². The van der Waals surface area contributed by atoms with Gasteiger partial charge in [-0.1, -0.05) is 194 Å². The number of hydrogen-bond donors (Lipinski definition) is 0. The van der Waals surface area contributed by atoms with Gasteiger partial charge in [-0.05, 0) is 138 Å². The molecule has 0 atom stereocenters. The van der Waals surface area contributed by atoms with Gasteiger partial charge >= 0.3 is 0 Å². The minimum Gasteiger partial charge on any atom is -0.456 e. The highest BCUT2D eigenvalue weighted by Crippen LogP contribution is 2.55. The zero-order valence-electron chi connectivity index (χ0n) is 48.9. The Labute approximate surface area is 521 Å². The predicted octanol–water partition coefficient (Wildman–Crippen LogP) is 22.4. The molecule has 0 N–H and O–H groups in total. The summed E-state index contributed by atoms with van der Waals surface area (Å²) in [6, 6.07) is 94.5. The third-order valence-corrected chi connectivity index (χ3v) is 19.9. The van der Waals surface area contributed by atoms with E-state index in [1.54, 1.807) is 0 Å². The Kier molecular flexibility index (Phi) is 9.29. The molecule has 8 nitrogen and oxygen atoms in total. The van der Waals surface area contributed by atoms with Crippen molar-refractivity contribution in [2.75, 3.05) is 0 Å². The molecule has 1 aliphatic carbocycles. The molecule has 0 radical (unpaired) electrons. The summed E-state index contributed by atoms with van der Waals surface area (Å²) >= 11 is 0. The molecule has 6 aromatic heterocycles. The number of benzene rings is 14. The van der Waals surface area contributed by atoms with Crippen molar-refractivity contribution in [2.45, 2.75) is 0 Å². The van der Waals surface area contributed by atoms with Crippen LogP contribution in [0.2, 0.25) is 0 Å². The van der Waals surface area contributed by atoms with Crippen LogP contribution < -0.4 is 0 Å². The number of aromatic nitrogens is 6. The Bertz CT molecular complexity index is 6860. The Morgan fingerprint density at radius 2 is 0.674 bits per heavy atom. The summed E-state index contributed by atoms with van der Waals surface area (Å²) in [6.45, 7) is 0. The number of nitrogens with zero attached hydrogens (tertiary/aromatic N) is 6. The monoisotopic (exact) mass is 1170 g/mol. The van der Waals surface area contributed by atoms with Crippen LogP contribution in [0.5, 0.6) is 0 Å². The maximum atomic E-state index is 6.83. The maximum Gasteiger partial charge on any atom is 0.165 e. The summed E-state index contributed by atoms with van der Waals surface area (Å²) in [5, 5.41) is 24.2. The maximum absolute atomic E-state index is 6.83. The van der Waals surface area contributed by atoms with E-state index in [0.29, 0.717) is 0 Å². The van der Waals surface area contributed by atoms with Crippen molar-refractivity contribution >= 4 is 174 Å². The van der Waals surface area contributed by atoms with Crippen molar-refractivity contribution in [1.82, 2.24) is 29.1 Å². The van der Waals surface area contributed by atoms with E-state index >= 15 is 0 Å². The van der Waals surface area contributed by atoms with Gasteiger partial charge in [0.2, 0.25) is 0 Å². The van der Waals surface area contributed by atoms with E-state index in [4.69, 9.17) is 28.8 Å². The molecule has 92 heavy (non-hydrogen) atoms. The number of furan rings is 2. The first-order chi connectivity index (χ1) is 45.7. The van der Waals surface area contributed by atoms with Crippen LogP contribution in [-0.2, 0) is 0 Å². The minimum atomic E-state index is 0.812. The highest BCUT2D eigenvalue weighted by molar-refractivity contribution is 6.46. The van der Waals surface area contributed by atoms with Gasteiger partial charge in [0.05, 0.1) is 44.1 Å². The van der Waals surface area contributed by atoms with Gasteiger partial charge < -0.3 is 8.83 Å². The summed E-state index contributed by atoms with van der Waals surface area (Å²) in [6.07, 6.45) is 0. The summed E-state index contributed by atoms with van der Waals surface area (Å²) in [7, 11) is 0. The van der Waals surface area contributed by atoms with Crippen molar-refractivity contribution in [3.05, 3.63) is 267 Å². The van der Waals surface area contributed by atoms with Gasteiger partial charge in [0.15, 0.2) is 11.6 Å². The zero-order valence-corrected chi connectivity index (χ0v) is 48.9. The van der Waals surface area contributed by atoms with Crippen LogP contribution >= 0.6 is 0 Å². The van der Waals surface area contributed by atoms with E-state index in [1.807, 2.05) is 54.6 Å². The fourth-order valence-corrected chi connectivity index (χ4v) is 16.3. The largest absolute Gasteiger partial charge is 0.456 e.